The molecule has 2 amide bonds. The maximum Gasteiger partial charge on any atom is 0.246 e. The van der Waals surface area contributed by atoms with Gasteiger partial charge in [0.2, 0.25) is 11.8 Å². The highest BCUT2D eigenvalue weighted by atomic mass is 35.5. The second-order valence-electron chi connectivity index (χ2n) is 5.07. The highest BCUT2D eigenvalue weighted by Crippen LogP contribution is 2.23. The van der Waals surface area contributed by atoms with E-state index in [1.54, 1.807) is 25.1 Å². The van der Waals surface area contributed by atoms with Gasteiger partial charge in [-0.15, -0.1) is 0 Å². The second kappa shape index (κ2) is 7.60. The van der Waals surface area contributed by atoms with Crippen molar-refractivity contribution in [3.8, 4) is 0 Å². The van der Waals surface area contributed by atoms with Gasteiger partial charge in [0.1, 0.15) is 15.9 Å². The van der Waals surface area contributed by atoms with Crippen LogP contribution in [-0.4, -0.2) is 38.3 Å². The van der Waals surface area contributed by atoms with Crippen LogP contribution < -0.4 is 10.6 Å². The molecule has 1 rings (SSSR count). The molecule has 0 saturated carbocycles. The van der Waals surface area contributed by atoms with Gasteiger partial charge in [-0.25, -0.2) is 8.42 Å². The third kappa shape index (κ3) is 6.03. The summed E-state index contributed by atoms with van der Waals surface area (Å²) in [5.41, 5.74) is 1.22. The molecule has 0 heterocycles. The van der Waals surface area contributed by atoms with Gasteiger partial charge in [0.15, 0.2) is 0 Å². The van der Waals surface area contributed by atoms with E-state index in [1.807, 2.05) is 0 Å². The maximum absolute atomic E-state index is 12.3. The number of amides is 2. The number of sulfone groups is 1. The van der Waals surface area contributed by atoms with Crippen molar-refractivity contribution in [3.63, 3.8) is 0 Å². The molecule has 1 aromatic rings. The number of rotatable bonds is 6. The number of nitrogens with one attached hydrogen (secondary N) is 2. The van der Waals surface area contributed by atoms with Crippen molar-refractivity contribution in [3.05, 3.63) is 28.8 Å². The quantitative estimate of drug-likeness (QED) is 0.817. The van der Waals surface area contributed by atoms with Gasteiger partial charge >= 0.3 is 0 Å². The standard InChI is InChI=1S/C14H19ClN2O4S/c1-9-11(15)5-4-6-12(9)17-14(19)13(16-10(2)18)7-8-22(3,20)21/h4-6,13H,7-8H2,1-3H3,(H,16,18)(H,17,19)/t13-/m1/s1. The van der Waals surface area contributed by atoms with Crippen LogP contribution >= 0.6 is 11.6 Å². The normalized spacial score (nSPS) is 12.5. The van der Waals surface area contributed by atoms with Gasteiger partial charge < -0.3 is 10.6 Å². The Morgan fingerprint density at radius 1 is 1.32 bits per heavy atom. The van der Waals surface area contributed by atoms with Gasteiger partial charge in [-0.1, -0.05) is 17.7 Å². The Bertz CT molecular complexity index is 673. The summed E-state index contributed by atoms with van der Waals surface area (Å²) >= 11 is 5.98. The van der Waals surface area contributed by atoms with Crippen LogP contribution in [0.5, 0.6) is 0 Å². The molecule has 1 atom stereocenters. The number of halogens is 1. The van der Waals surface area contributed by atoms with E-state index in [0.717, 1.165) is 6.26 Å². The number of benzene rings is 1. The number of carbonyl (C=O) groups excluding carboxylic acids is 2. The van der Waals surface area contributed by atoms with Gasteiger partial charge in [0.25, 0.3) is 0 Å². The average molecular weight is 347 g/mol. The molecule has 0 bridgehead atoms. The van der Waals surface area contributed by atoms with Gasteiger partial charge in [0, 0.05) is 23.9 Å². The van der Waals surface area contributed by atoms with Crippen molar-refractivity contribution >= 4 is 38.9 Å². The van der Waals surface area contributed by atoms with Gasteiger partial charge in [-0.05, 0) is 31.0 Å². The fourth-order valence-electron chi connectivity index (χ4n) is 1.81. The molecular weight excluding hydrogens is 328 g/mol. The number of hydrogen-bond donors (Lipinski definition) is 2. The minimum atomic E-state index is -3.23. The average Bonchev–Trinajstić information content (AvgIpc) is 2.38. The zero-order valence-corrected chi connectivity index (χ0v) is 14.2. The summed E-state index contributed by atoms with van der Waals surface area (Å²) in [4.78, 5) is 23.5. The van der Waals surface area contributed by atoms with Crippen molar-refractivity contribution in [2.24, 2.45) is 0 Å². The predicted octanol–water partition coefficient (Wildman–Crippen LogP) is 1.53. The van der Waals surface area contributed by atoms with E-state index in [4.69, 9.17) is 11.6 Å². The summed E-state index contributed by atoms with van der Waals surface area (Å²) in [6.07, 6.45) is 1.08. The molecule has 0 aliphatic carbocycles. The summed E-state index contributed by atoms with van der Waals surface area (Å²) in [6.45, 7) is 3.02. The fraction of sp³-hybridized carbons (Fsp3) is 0.429. The SMILES string of the molecule is CC(=O)N[C@H](CCS(C)(=O)=O)C(=O)Nc1cccc(Cl)c1C. The minimum absolute atomic E-state index is 0.00383. The molecule has 0 fully saturated rings. The van der Waals surface area contributed by atoms with Crippen LogP contribution in [-0.2, 0) is 19.4 Å². The second-order valence-corrected chi connectivity index (χ2v) is 7.74. The third-order valence-corrected chi connectivity index (χ3v) is 4.38. The van der Waals surface area contributed by atoms with E-state index in [-0.39, 0.29) is 12.2 Å². The van der Waals surface area contributed by atoms with Crippen molar-refractivity contribution in [2.75, 3.05) is 17.3 Å². The van der Waals surface area contributed by atoms with Crippen LogP contribution in [0, 0.1) is 6.92 Å². The Balaban J connectivity index is 2.87. The topological polar surface area (TPSA) is 92.3 Å². The zero-order valence-electron chi connectivity index (χ0n) is 12.6. The minimum Gasteiger partial charge on any atom is -0.345 e. The monoisotopic (exact) mass is 346 g/mol. The first-order chi connectivity index (χ1) is 10.1. The summed E-state index contributed by atoms with van der Waals surface area (Å²) < 4.78 is 22.5. The fourth-order valence-corrected chi connectivity index (χ4v) is 2.65. The summed E-state index contributed by atoms with van der Waals surface area (Å²) in [7, 11) is -3.23. The Morgan fingerprint density at radius 3 is 2.50 bits per heavy atom. The van der Waals surface area contributed by atoms with E-state index >= 15 is 0 Å². The lowest BCUT2D eigenvalue weighted by molar-refractivity contribution is -0.125. The van der Waals surface area contributed by atoms with E-state index < -0.39 is 27.7 Å². The lowest BCUT2D eigenvalue weighted by atomic mass is 10.1. The molecule has 1 aromatic carbocycles. The Labute approximate surface area is 135 Å². The number of anilines is 1. The first-order valence-electron chi connectivity index (χ1n) is 6.61. The molecule has 0 spiro atoms. The van der Waals surface area contributed by atoms with Gasteiger partial charge in [0.05, 0.1) is 5.75 Å². The van der Waals surface area contributed by atoms with Crippen LogP contribution in [0.3, 0.4) is 0 Å². The molecule has 122 valence electrons. The van der Waals surface area contributed by atoms with Gasteiger partial charge in [-0.2, -0.15) is 0 Å². The molecule has 6 nitrogen and oxygen atoms in total. The Morgan fingerprint density at radius 2 is 1.95 bits per heavy atom. The van der Waals surface area contributed by atoms with E-state index in [2.05, 4.69) is 10.6 Å². The van der Waals surface area contributed by atoms with Crippen molar-refractivity contribution in [2.45, 2.75) is 26.3 Å². The van der Waals surface area contributed by atoms with E-state index in [9.17, 15) is 18.0 Å². The first kappa shape index (κ1) is 18.4. The smallest absolute Gasteiger partial charge is 0.246 e. The highest BCUT2D eigenvalue weighted by Gasteiger charge is 2.22. The molecule has 2 N–H and O–H groups in total. The van der Waals surface area contributed by atoms with E-state index in [0.29, 0.717) is 16.3 Å². The summed E-state index contributed by atoms with van der Waals surface area (Å²) in [6, 6.07) is 4.14. The van der Waals surface area contributed by atoms with Crippen molar-refractivity contribution < 1.29 is 18.0 Å². The van der Waals surface area contributed by atoms with Gasteiger partial charge in [-0.3, -0.25) is 9.59 Å². The Kier molecular flexibility index (Phi) is 6.37. The van der Waals surface area contributed by atoms with Crippen LogP contribution in [0.4, 0.5) is 5.69 Å². The van der Waals surface area contributed by atoms with Crippen LogP contribution in [0.1, 0.15) is 18.9 Å². The lowest BCUT2D eigenvalue weighted by Crippen LogP contribution is -2.44. The summed E-state index contributed by atoms with van der Waals surface area (Å²) in [5, 5.41) is 5.62. The third-order valence-electron chi connectivity index (χ3n) is 3.00. The molecule has 0 aliphatic rings. The molecule has 0 unspecified atom stereocenters. The molecule has 0 aromatic heterocycles. The molecular formula is C14H19ClN2O4S. The number of hydrogen-bond acceptors (Lipinski definition) is 4. The lowest BCUT2D eigenvalue weighted by Gasteiger charge is -2.18. The first-order valence-corrected chi connectivity index (χ1v) is 9.05. The van der Waals surface area contributed by atoms with E-state index in [1.165, 1.54) is 6.92 Å². The molecule has 0 saturated heterocycles. The molecule has 0 radical (unpaired) electrons. The predicted molar refractivity (Wildman–Crippen MR) is 86.8 cm³/mol. The largest absolute Gasteiger partial charge is 0.345 e. The van der Waals surface area contributed by atoms with Crippen LogP contribution in [0.15, 0.2) is 18.2 Å². The van der Waals surface area contributed by atoms with Crippen molar-refractivity contribution in [1.82, 2.24) is 5.32 Å². The molecule has 0 aliphatic heterocycles. The van der Waals surface area contributed by atoms with Crippen LogP contribution in [0.25, 0.3) is 0 Å². The maximum atomic E-state index is 12.3. The molecule has 22 heavy (non-hydrogen) atoms. The highest BCUT2D eigenvalue weighted by molar-refractivity contribution is 7.90. The Hall–Kier alpha value is -1.60. The zero-order chi connectivity index (χ0) is 16.9. The summed E-state index contributed by atoms with van der Waals surface area (Å²) in [5.74, 6) is -1.08. The van der Waals surface area contributed by atoms with Crippen molar-refractivity contribution in [1.29, 1.82) is 0 Å². The number of carbonyl (C=O) groups is 2. The molecule has 8 heteroatoms. The van der Waals surface area contributed by atoms with Crippen LogP contribution in [0.2, 0.25) is 5.02 Å².